The molecule has 1 aromatic carbocycles. The molecule has 2 heterocycles. The first kappa shape index (κ1) is 18.5. The molecule has 1 amide bonds. The molecule has 5 nitrogen and oxygen atoms in total. The van der Waals surface area contributed by atoms with Crippen molar-refractivity contribution in [1.29, 1.82) is 0 Å². The fourth-order valence-electron chi connectivity index (χ4n) is 2.94. The van der Waals surface area contributed by atoms with E-state index in [1.807, 2.05) is 35.7 Å². The van der Waals surface area contributed by atoms with E-state index in [9.17, 15) is 4.79 Å². The summed E-state index contributed by atoms with van der Waals surface area (Å²) in [5, 5.41) is 8.33. The summed E-state index contributed by atoms with van der Waals surface area (Å²) >= 11 is 1.46. The Hall–Kier alpha value is -2.34. The summed E-state index contributed by atoms with van der Waals surface area (Å²) in [5.74, 6) is 0.947. The standard InChI is InChI=1S/C20H26N4OS/c25-19(18-11-7-16-26-18)21-12-8-13-22-20(24-14-5-2-6-15-24)23-17-9-3-1-4-10-17/h1,3-4,7,9-11,16H,2,5-6,8,12-15H2,(H,21,25)(H,22,23). The highest BCUT2D eigenvalue weighted by molar-refractivity contribution is 7.12. The number of benzene rings is 1. The molecular formula is C20H26N4OS. The van der Waals surface area contributed by atoms with Gasteiger partial charge in [0, 0.05) is 31.9 Å². The number of hydrogen-bond acceptors (Lipinski definition) is 3. The van der Waals surface area contributed by atoms with Crippen LogP contribution in [0.5, 0.6) is 0 Å². The van der Waals surface area contributed by atoms with Gasteiger partial charge in [-0.15, -0.1) is 11.3 Å². The summed E-state index contributed by atoms with van der Waals surface area (Å²) in [7, 11) is 0. The second kappa shape index (κ2) is 9.97. The number of likely N-dealkylation sites (tertiary alicyclic amines) is 1. The second-order valence-corrected chi connectivity index (χ2v) is 7.28. The van der Waals surface area contributed by atoms with E-state index in [2.05, 4.69) is 27.7 Å². The minimum atomic E-state index is 0.00245. The molecule has 0 radical (unpaired) electrons. The zero-order valence-corrected chi connectivity index (χ0v) is 15.8. The van der Waals surface area contributed by atoms with Crippen molar-refractivity contribution >= 4 is 28.9 Å². The molecule has 2 N–H and O–H groups in total. The maximum absolute atomic E-state index is 11.9. The zero-order valence-electron chi connectivity index (χ0n) is 15.0. The summed E-state index contributed by atoms with van der Waals surface area (Å²) in [6.45, 7) is 3.43. The highest BCUT2D eigenvalue weighted by Gasteiger charge is 2.14. The highest BCUT2D eigenvalue weighted by atomic mass is 32.1. The number of aliphatic imine (C=N–C) groups is 1. The lowest BCUT2D eigenvalue weighted by atomic mass is 10.1. The molecule has 0 bridgehead atoms. The lowest BCUT2D eigenvalue weighted by molar-refractivity contribution is 0.0957. The van der Waals surface area contributed by atoms with Gasteiger partial charge in [-0.25, -0.2) is 0 Å². The molecule has 1 aromatic heterocycles. The third kappa shape index (κ3) is 5.59. The van der Waals surface area contributed by atoms with Crippen molar-refractivity contribution in [2.24, 2.45) is 4.99 Å². The number of carbonyl (C=O) groups is 1. The number of anilines is 1. The molecule has 0 spiro atoms. The maximum atomic E-state index is 11.9. The molecule has 26 heavy (non-hydrogen) atoms. The molecule has 0 aliphatic carbocycles. The average molecular weight is 371 g/mol. The summed E-state index contributed by atoms with van der Waals surface area (Å²) < 4.78 is 0. The van der Waals surface area contributed by atoms with E-state index in [1.54, 1.807) is 0 Å². The number of carbonyl (C=O) groups excluding carboxylic acids is 1. The fourth-order valence-corrected chi connectivity index (χ4v) is 3.58. The molecule has 3 rings (SSSR count). The van der Waals surface area contributed by atoms with Gasteiger partial charge in [-0.1, -0.05) is 24.3 Å². The molecule has 138 valence electrons. The van der Waals surface area contributed by atoms with Crippen LogP contribution in [0.1, 0.15) is 35.4 Å². The number of rotatable bonds is 6. The van der Waals surface area contributed by atoms with Crippen LogP contribution in [-0.4, -0.2) is 42.9 Å². The summed E-state index contributed by atoms with van der Waals surface area (Å²) in [6, 6.07) is 13.9. The average Bonchev–Trinajstić information content (AvgIpc) is 3.23. The van der Waals surface area contributed by atoms with Crippen molar-refractivity contribution in [1.82, 2.24) is 10.2 Å². The minimum Gasteiger partial charge on any atom is -0.351 e. The van der Waals surface area contributed by atoms with Gasteiger partial charge in [0.25, 0.3) is 5.91 Å². The number of para-hydroxylation sites is 1. The second-order valence-electron chi connectivity index (χ2n) is 6.33. The van der Waals surface area contributed by atoms with E-state index in [0.717, 1.165) is 36.0 Å². The predicted octanol–water partition coefficient (Wildman–Crippen LogP) is 3.82. The van der Waals surface area contributed by atoms with Crippen LogP contribution in [0.4, 0.5) is 5.69 Å². The van der Waals surface area contributed by atoms with Crippen LogP contribution in [0.3, 0.4) is 0 Å². The largest absolute Gasteiger partial charge is 0.351 e. The molecular weight excluding hydrogens is 344 g/mol. The first-order valence-corrected chi connectivity index (χ1v) is 10.1. The van der Waals surface area contributed by atoms with E-state index in [1.165, 1.54) is 30.6 Å². The third-order valence-corrected chi connectivity index (χ3v) is 5.18. The Morgan fingerprint density at radius 2 is 1.88 bits per heavy atom. The Balaban J connectivity index is 1.51. The van der Waals surface area contributed by atoms with Crippen molar-refractivity contribution < 1.29 is 4.79 Å². The van der Waals surface area contributed by atoms with Crippen LogP contribution in [0.2, 0.25) is 0 Å². The first-order valence-electron chi connectivity index (χ1n) is 9.26. The molecule has 1 aliphatic heterocycles. The number of amides is 1. The lowest BCUT2D eigenvalue weighted by Gasteiger charge is -2.30. The first-order chi connectivity index (χ1) is 12.8. The van der Waals surface area contributed by atoms with Gasteiger partial charge in [0.1, 0.15) is 0 Å². The molecule has 1 aliphatic rings. The molecule has 0 saturated carbocycles. The van der Waals surface area contributed by atoms with Crippen LogP contribution >= 0.6 is 11.3 Å². The monoisotopic (exact) mass is 370 g/mol. The Bertz CT molecular complexity index is 694. The topological polar surface area (TPSA) is 56.7 Å². The quantitative estimate of drug-likeness (QED) is 0.462. The van der Waals surface area contributed by atoms with E-state index >= 15 is 0 Å². The number of guanidine groups is 1. The van der Waals surface area contributed by atoms with Gasteiger partial charge in [-0.2, -0.15) is 0 Å². The van der Waals surface area contributed by atoms with E-state index in [0.29, 0.717) is 13.1 Å². The van der Waals surface area contributed by atoms with Crippen LogP contribution in [0, 0.1) is 0 Å². The van der Waals surface area contributed by atoms with Gasteiger partial charge in [-0.3, -0.25) is 9.79 Å². The molecule has 1 saturated heterocycles. The fraction of sp³-hybridized carbons (Fsp3) is 0.400. The summed E-state index contributed by atoms with van der Waals surface area (Å²) in [5.41, 5.74) is 1.06. The van der Waals surface area contributed by atoms with Crippen LogP contribution in [-0.2, 0) is 0 Å². The lowest BCUT2D eigenvalue weighted by Crippen LogP contribution is -2.40. The van der Waals surface area contributed by atoms with Gasteiger partial charge in [0.15, 0.2) is 5.96 Å². The van der Waals surface area contributed by atoms with Crippen LogP contribution < -0.4 is 10.6 Å². The maximum Gasteiger partial charge on any atom is 0.261 e. The zero-order chi connectivity index (χ0) is 18.0. The van der Waals surface area contributed by atoms with E-state index < -0.39 is 0 Å². The Morgan fingerprint density at radius 3 is 2.62 bits per heavy atom. The minimum absolute atomic E-state index is 0.00245. The molecule has 0 atom stereocenters. The van der Waals surface area contributed by atoms with Gasteiger partial charge >= 0.3 is 0 Å². The van der Waals surface area contributed by atoms with Crippen LogP contribution in [0.25, 0.3) is 0 Å². The molecule has 1 fully saturated rings. The van der Waals surface area contributed by atoms with E-state index in [-0.39, 0.29) is 5.91 Å². The Morgan fingerprint density at radius 1 is 1.08 bits per heavy atom. The number of hydrogen-bond donors (Lipinski definition) is 2. The van der Waals surface area contributed by atoms with Crippen molar-refractivity contribution in [3.63, 3.8) is 0 Å². The molecule has 0 unspecified atom stereocenters. The highest BCUT2D eigenvalue weighted by Crippen LogP contribution is 2.13. The number of thiophene rings is 1. The molecule has 2 aromatic rings. The summed E-state index contributed by atoms with van der Waals surface area (Å²) in [4.78, 5) is 19.8. The SMILES string of the molecule is O=C(NCCCN=C(Nc1ccccc1)N1CCCCC1)c1cccs1. The van der Waals surface area contributed by atoms with Gasteiger partial charge < -0.3 is 15.5 Å². The number of piperidine rings is 1. The van der Waals surface area contributed by atoms with Gasteiger partial charge in [0.2, 0.25) is 0 Å². The van der Waals surface area contributed by atoms with Crippen molar-refractivity contribution in [3.8, 4) is 0 Å². The molecule has 6 heteroatoms. The normalized spacial score (nSPS) is 14.9. The van der Waals surface area contributed by atoms with Crippen molar-refractivity contribution in [2.45, 2.75) is 25.7 Å². The smallest absolute Gasteiger partial charge is 0.261 e. The van der Waals surface area contributed by atoms with Crippen molar-refractivity contribution in [2.75, 3.05) is 31.5 Å². The predicted molar refractivity (Wildman–Crippen MR) is 109 cm³/mol. The Kier molecular flexibility index (Phi) is 7.07. The van der Waals surface area contributed by atoms with Crippen molar-refractivity contribution in [3.05, 3.63) is 52.7 Å². The number of nitrogens with zero attached hydrogens (tertiary/aromatic N) is 2. The van der Waals surface area contributed by atoms with E-state index in [4.69, 9.17) is 4.99 Å². The Labute approximate surface area is 159 Å². The van der Waals surface area contributed by atoms with Crippen LogP contribution in [0.15, 0.2) is 52.8 Å². The third-order valence-electron chi connectivity index (χ3n) is 4.31. The summed E-state index contributed by atoms with van der Waals surface area (Å²) in [6.07, 6.45) is 4.55. The number of nitrogens with one attached hydrogen (secondary N) is 2. The van der Waals surface area contributed by atoms with Gasteiger partial charge in [-0.05, 0) is 49.3 Å². The van der Waals surface area contributed by atoms with Gasteiger partial charge in [0.05, 0.1) is 4.88 Å².